The molecule has 19 heavy (non-hydrogen) atoms. The number of rotatable bonds is 1. The van der Waals surface area contributed by atoms with Gasteiger partial charge in [0.15, 0.2) is 0 Å². The van der Waals surface area contributed by atoms with E-state index in [0.29, 0.717) is 5.92 Å². The molecule has 5 heteroatoms. The molecule has 4 rings (SSSR count). The highest BCUT2D eigenvalue weighted by atomic mass is 32.1. The van der Waals surface area contributed by atoms with Crippen molar-refractivity contribution in [1.82, 2.24) is 9.97 Å². The maximum Gasteiger partial charge on any atom is 0.0851 e. The number of anilines is 2. The van der Waals surface area contributed by atoms with Gasteiger partial charge in [-0.15, -0.1) is 12.6 Å². The van der Waals surface area contributed by atoms with Crippen LogP contribution in [0.3, 0.4) is 0 Å². The Bertz CT molecular complexity index is 656. The molecule has 4 nitrogen and oxygen atoms in total. The average Bonchev–Trinajstić information content (AvgIpc) is 3.05. The second-order valence-corrected chi connectivity index (χ2v) is 5.48. The van der Waals surface area contributed by atoms with E-state index < -0.39 is 0 Å². The summed E-state index contributed by atoms with van der Waals surface area (Å²) in [5.41, 5.74) is 6.20. The molecule has 2 aromatic heterocycles. The zero-order valence-corrected chi connectivity index (χ0v) is 11.2. The molecule has 1 unspecified atom stereocenters. The number of hydrogen-bond donors (Lipinski definition) is 3. The molecule has 0 fully saturated rings. The summed E-state index contributed by atoms with van der Waals surface area (Å²) in [6.07, 6.45) is 9.84. The van der Waals surface area contributed by atoms with Gasteiger partial charge in [0.2, 0.25) is 0 Å². The van der Waals surface area contributed by atoms with Gasteiger partial charge in [-0.1, -0.05) is 0 Å². The summed E-state index contributed by atoms with van der Waals surface area (Å²) in [5, 5.41) is 6.70. The highest BCUT2D eigenvalue weighted by Gasteiger charge is 2.29. The second kappa shape index (κ2) is 4.13. The highest BCUT2D eigenvalue weighted by Crippen LogP contribution is 2.44. The fraction of sp³-hybridized carbons (Fsp3) is 0.286. The van der Waals surface area contributed by atoms with Crippen molar-refractivity contribution in [2.45, 2.75) is 23.7 Å². The lowest BCUT2D eigenvalue weighted by molar-refractivity contribution is 0.784. The maximum absolute atomic E-state index is 4.52. The lowest BCUT2D eigenvalue weighted by Crippen LogP contribution is -2.03. The van der Waals surface area contributed by atoms with Crippen molar-refractivity contribution in [1.29, 1.82) is 0 Å². The Kier molecular flexibility index (Phi) is 2.41. The summed E-state index contributed by atoms with van der Waals surface area (Å²) < 4.78 is 0. The van der Waals surface area contributed by atoms with Gasteiger partial charge in [-0.3, -0.25) is 9.97 Å². The first-order chi connectivity index (χ1) is 9.34. The van der Waals surface area contributed by atoms with Crippen molar-refractivity contribution in [3.8, 4) is 0 Å². The summed E-state index contributed by atoms with van der Waals surface area (Å²) >= 11 is 4.52. The largest absolute Gasteiger partial charge is 0.366 e. The van der Waals surface area contributed by atoms with Crippen LogP contribution < -0.4 is 10.6 Å². The molecule has 0 saturated carbocycles. The molecule has 0 spiro atoms. The molecule has 0 aromatic carbocycles. The number of aromatic nitrogens is 2. The van der Waals surface area contributed by atoms with Gasteiger partial charge in [-0.25, -0.2) is 0 Å². The minimum absolute atomic E-state index is 0.379. The third-order valence-corrected chi connectivity index (χ3v) is 4.41. The van der Waals surface area contributed by atoms with Crippen LogP contribution in [0.1, 0.15) is 29.0 Å². The minimum atomic E-state index is 0.379. The Morgan fingerprint density at radius 3 is 2.84 bits per heavy atom. The van der Waals surface area contributed by atoms with Gasteiger partial charge in [0.1, 0.15) is 0 Å². The van der Waals surface area contributed by atoms with Gasteiger partial charge in [0.25, 0.3) is 0 Å². The molecule has 0 bridgehead atoms. The first-order valence-corrected chi connectivity index (χ1v) is 6.90. The van der Waals surface area contributed by atoms with Gasteiger partial charge in [-0.2, -0.15) is 0 Å². The average molecular weight is 270 g/mol. The Morgan fingerprint density at radius 2 is 1.89 bits per heavy atom. The van der Waals surface area contributed by atoms with Crippen LogP contribution in [0, 0.1) is 0 Å². The van der Waals surface area contributed by atoms with Crippen LogP contribution in [0.25, 0.3) is 0 Å². The summed E-state index contributed by atoms with van der Waals surface area (Å²) in [6.45, 7) is 0.776. The van der Waals surface area contributed by atoms with Gasteiger partial charge < -0.3 is 10.6 Å². The molecule has 96 valence electrons. The van der Waals surface area contributed by atoms with E-state index in [1.807, 2.05) is 24.8 Å². The molecule has 0 radical (unpaired) electrons. The smallest absolute Gasteiger partial charge is 0.0851 e. The van der Waals surface area contributed by atoms with Crippen molar-refractivity contribution in [2.24, 2.45) is 0 Å². The van der Waals surface area contributed by atoms with Crippen LogP contribution in [-0.4, -0.2) is 16.6 Å². The fourth-order valence-electron chi connectivity index (χ4n) is 3.13. The molecule has 2 aromatic rings. The van der Waals surface area contributed by atoms with Crippen molar-refractivity contribution >= 4 is 24.0 Å². The number of pyridine rings is 2. The Labute approximate surface area is 117 Å². The lowest BCUT2D eigenvalue weighted by Gasteiger charge is -2.15. The number of nitrogens with zero attached hydrogens (tertiary/aromatic N) is 2. The molecule has 0 saturated heterocycles. The first kappa shape index (κ1) is 11.1. The zero-order valence-electron chi connectivity index (χ0n) is 10.3. The minimum Gasteiger partial charge on any atom is -0.366 e. The SMILES string of the molecule is Sc1cncc2c1CCC2c1cncc2c1NCN2. The molecular formula is C14H14N4S. The van der Waals surface area contributed by atoms with Crippen LogP contribution in [0.5, 0.6) is 0 Å². The Hall–Kier alpha value is -1.75. The van der Waals surface area contributed by atoms with Crippen LogP contribution in [0.4, 0.5) is 11.4 Å². The van der Waals surface area contributed by atoms with Crippen molar-refractivity contribution in [2.75, 3.05) is 17.3 Å². The predicted molar refractivity (Wildman–Crippen MR) is 78.0 cm³/mol. The lowest BCUT2D eigenvalue weighted by atomic mass is 9.94. The van der Waals surface area contributed by atoms with Gasteiger partial charge in [0, 0.05) is 35.0 Å². The number of fused-ring (bicyclic) bond motifs is 2. The molecule has 1 aliphatic carbocycles. The van der Waals surface area contributed by atoms with Crippen LogP contribution in [0.2, 0.25) is 0 Å². The van der Waals surface area contributed by atoms with Crippen molar-refractivity contribution < 1.29 is 0 Å². The standard InChI is InChI=1S/C14H14N4S/c19-13-6-16-3-10-8(1-2-9(10)13)11-4-15-5-12-14(11)18-7-17-12/h3-6,8,17-19H,1-2,7H2. The van der Waals surface area contributed by atoms with E-state index in [9.17, 15) is 0 Å². The van der Waals surface area contributed by atoms with E-state index in [1.165, 1.54) is 22.4 Å². The molecule has 2 aliphatic rings. The summed E-state index contributed by atoms with van der Waals surface area (Å²) in [4.78, 5) is 9.65. The highest BCUT2D eigenvalue weighted by molar-refractivity contribution is 7.80. The van der Waals surface area contributed by atoms with E-state index in [2.05, 4.69) is 33.2 Å². The third-order valence-electron chi connectivity index (χ3n) is 4.02. The van der Waals surface area contributed by atoms with E-state index in [0.717, 1.165) is 30.1 Å². The van der Waals surface area contributed by atoms with E-state index in [-0.39, 0.29) is 0 Å². The summed E-state index contributed by atoms with van der Waals surface area (Å²) in [6, 6.07) is 0. The Balaban J connectivity index is 1.85. The summed E-state index contributed by atoms with van der Waals surface area (Å²) in [5.74, 6) is 0.379. The van der Waals surface area contributed by atoms with E-state index >= 15 is 0 Å². The zero-order chi connectivity index (χ0) is 12.8. The van der Waals surface area contributed by atoms with E-state index in [4.69, 9.17) is 0 Å². The number of thiol groups is 1. The first-order valence-electron chi connectivity index (χ1n) is 6.46. The van der Waals surface area contributed by atoms with Gasteiger partial charge in [-0.05, 0) is 24.0 Å². The fourth-order valence-corrected chi connectivity index (χ4v) is 3.44. The monoisotopic (exact) mass is 270 g/mol. The van der Waals surface area contributed by atoms with Crippen LogP contribution in [0.15, 0.2) is 29.7 Å². The molecule has 1 atom stereocenters. The topological polar surface area (TPSA) is 49.8 Å². The van der Waals surface area contributed by atoms with Gasteiger partial charge >= 0.3 is 0 Å². The Morgan fingerprint density at radius 1 is 1.05 bits per heavy atom. The molecule has 3 heterocycles. The van der Waals surface area contributed by atoms with Crippen LogP contribution in [-0.2, 0) is 6.42 Å². The third kappa shape index (κ3) is 1.61. The number of hydrogen-bond acceptors (Lipinski definition) is 5. The summed E-state index contributed by atoms with van der Waals surface area (Å²) in [7, 11) is 0. The number of nitrogens with one attached hydrogen (secondary N) is 2. The van der Waals surface area contributed by atoms with Crippen molar-refractivity contribution in [3.63, 3.8) is 0 Å². The molecule has 2 N–H and O–H groups in total. The van der Waals surface area contributed by atoms with Crippen LogP contribution >= 0.6 is 12.6 Å². The predicted octanol–water partition coefficient (Wildman–Crippen LogP) is 2.64. The molecular weight excluding hydrogens is 256 g/mol. The van der Waals surface area contributed by atoms with Crippen molar-refractivity contribution in [3.05, 3.63) is 41.5 Å². The maximum atomic E-state index is 4.52. The molecule has 0 amide bonds. The quantitative estimate of drug-likeness (QED) is 0.697. The normalized spacial score (nSPS) is 19.5. The van der Waals surface area contributed by atoms with E-state index in [1.54, 1.807) is 0 Å². The van der Waals surface area contributed by atoms with Gasteiger partial charge in [0.05, 0.1) is 24.2 Å². The second-order valence-electron chi connectivity index (χ2n) is 5.00. The molecule has 1 aliphatic heterocycles.